The van der Waals surface area contributed by atoms with Crippen LogP contribution in [0.4, 0.5) is 4.39 Å². The summed E-state index contributed by atoms with van der Waals surface area (Å²) in [4.78, 5) is 0. The van der Waals surface area contributed by atoms with Gasteiger partial charge in [0.15, 0.2) is 0 Å². The third kappa shape index (κ3) is 1.52. The molecule has 3 heteroatoms. The molecular formula is C10H12FNO. The van der Waals surface area contributed by atoms with Gasteiger partial charge in [0.2, 0.25) is 0 Å². The molecule has 1 aromatic carbocycles. The summed E-state index contributed by atoms with van der Waals surface area (Å²) in [7, 11) is 1.54. The molecule has 0 bridgehead atoms. The number of hydrogen-bond donors (Lipinski definition) is 1. The van der Waals surface area contributed by atoms with Crippen molar-refractivity contribution in [3.63, 3.8) is 0 Å². The SMILES string of the molecule is COc1ccc([C@H]2CCN2)c(F)c1. The molecule has 1 N–H and O–H groups in total. The van der Waals surface area contributed by atoms with Gasteiger partial charge >= 0.3 is 0 Å². The van der Waals surface area contributed by atoms with E-state index in [-0.39, 0.29) is 11.9 Å². The Bertz CT molecular complexity index is 310. The first-order valence-electron chi connectivity index (χ1n) is 4.38. The summed E-state index contributed by atoms with van der Waals surface area (Å²) >= 11 is 0. The highest BCUT2D eigenvalue weighted by atomic mass is 19.1. The van der Waals surface area contributed by atoms with E-state index in [9.17, 15) is 4.39 Å². The van der Waals surface area contributed by atoms with Crippen molar-refractivity contribution in [3.8, 4) is 5.75 Å². The monoisotopic (exact) mass is 181 g/mol. The van der Waals surface area contributed by atoms with E-state index in [1.165, 1.54) is 13.2 Å². The molecule has 1 saturated heterocycles. The van der Waals surface area contributed by atoms with E-state index < -0.39 is 0 Å². The standard InChI is InChI=1S/C10H12FNO/c1-13-7-2-3-8(9(11)6-7)10-4-5-12-10/h2-3,6,10,12H,4-5H2,1H3/t10-/m1/s1. The number of nitrogens with one attached hydrogen (secondary N) is 1. The molecule has 2 rings (SSSR count). The lowest BCUT2D eigenvalue weighted by Crippen LogP contribution is -2.35. The number of halogens is 1. The van der Waals surface area contributed by atoms with Crippen molar-refractivity contribution in [2.24, 2.45) is 0 Å². The predicted octanol–water partition coefficient (Wildman–Crippen LogP) is 1.87. The van der Waals surface area contributed by atoms with Crippen molar-refractivity contribution < 1.29 is 9.13 Å². The zero-order valence-electron chi connectivity index (χ0n) is 7.51. The Morgan fingerprint density at radius 1 is 1.54 bits per heavy atom. The van der Waals surface area contributed by atoms with Gasteiger partial charge < -0.3 is 10.1 Å². The van der Waals surface area contributed by atoms with Gasteiger partial charge in [-0.1, -0.05) is 6.07 Å². The van der Waals surface area contributed by atoms with Gasteiger partial charge in [-0.2, -0.15) is 0 Å². The first-order chi connectivity index (χ1) is 6.31. The lowest BCUT2D eigenvalue weighted by Gasteiger charge is -2.28. The molecule has 70 valence electrons. The quantitative estimate of drug-likeness (QED) is 0.752. The molecule has 0 aliphatic carbocycles. The molecule has 1 aromatic rings. The molecule has 1 atom stereocenters. The molecule has 0 unspecified atom stereocenters. The van der Waals surface area contributed by atoms with Crippen molar-refractivity contribution in [1.29, 1.82) is 0 Å². The molecule has 2 nitrogen and oxygen atoms in total. The van der Waals surface area contributed by atoms with E-state index in [0.717, 1.165) is 18.5 Å². The van der Waals surface area contributed by atoms with Gasteiger partial charge in [-0.15, -0.1) is 0 Å². The number of ether oxygens (including phenoxy) is 1. The summed E-state index contributed by atoms with van der Waals surface area (Å²) in [5.74, 6) is 0.386. The van der Waals surface area contributed by atoms with Gasteiger partial charge in [0.25, 0.3) is 0 Å². The lowest BCUT2D eigenvalue weighted by molar-refractivity contribution is 0.367. The minimum absolute atomic E-state index is 0.184. The van der Waals surface area contributed by atoms with Gasteiger partial charge in [-0.05, 0) is 19.0 Å². The number of benzene rings is 1. The van der Waals surface area contributed by atoms with E-state index in [1.807, 2.05) is 0 Å². The van der Waals surface area contributed by atoms with Gasteiger partial charge in [0.05, 0.1) is 7.11 Å². The van der Waals surface area contributed by atoms with Crippen molar-refractivity contribution in [3.05, 3.63) is 29.6 Å². The Hall–Kier alpha value is -1.09. The average molecular weight is 181 g/mol. The Labute approximate surface area is 76.7 Å². The first kappa shape index (κ1) is 8.51. The third-order valence-corrected chi connectivity index (χ3v) is 2.41. The fourth-order valence-electron chi connectivity index (χ4n) is 1.47. The van der Waals surface area contributed by atoms with E-state index in [1.54, 1.807) is 12.1 Å². The lowest BCUT2D eigenvalue weighted by atomic mass is 9.97. The molecule has 0 aromatic heterocycles. The van der Waals surface area contributed by atoms with Crippen LogP contribution in [0.5, 0.6) is 5.75 Å². The van der Waals surface area contributed by atoms with Gasteiger partial charge in [-0.25, -0.2) is 4.39 Å². The average Bonchev–Trinajstić information content (AvgIpc) is 2.05. The fourth-order valence-corrected chi connectivity index (χ4v) is 1.47. The Morgan fingerprint density at radius 2 is 2.31 bits per heavy atom. The molecule has 0 radical (unpaired) electrons. The van der Waals surface area contributed by atoms with Gasteiger partial charge in [0.1, 0.15) is 11.6 Å². The number of rotatable bonds is 2. The maximum Gasteiger partial charge on any atom is 0.131 e. The molecule has 0 saturated carbocycles. The topological polar surface area (TPSA) is 21.3 Å². The molecule has 1 aliphatic rings. The van der Waals surface area contributed by atoms with Crippen molar-refractivity contribution in [2.45, 2.75) is 12.5 Å². The summed E-state index contributed by atoms with van der Waals surface area (Å²) in [6.45, 7) is 0.982. The smallest absolute Gasteiger partial charge is 0.131 e. The first-order valence-corrected chi connectivity index (χ1v) is 4.38. The molecule has 0 amide bonds. The van der Waals surface area contributed by atoms with Crippen LogP contribution in [0.25, 0.3) is 0 Å². The number of methoxy groups -OCH3 is 1. The Morgan fingerprint density at radius 3 is 2.77 bits per heavy atom. The Kier molecular flexibility index (Phi) is 2.19. The van der Waals surface area contributed by atoms with Crippen LogP contribution in [0.15, 0.2) is 18.2 Å². The Balaban J connectivity index is 2.26. The van der Waals surface area contributed by atoms with Crippen LogP contribution in [0.3, 0.4) is 0 Å². The van der Waals surface area contributed by atoms with Crippen LogP contribution in [-0.2, 0) is 0 Å². The highest BCUT2D eigenvalue weighted by Crippen LogP contribution is 2.27. The normalized spacial score (nSPS) is 20.9. The van der Waals surface area contributed by atoms with Gasteiger partial charge in [-0.3, -0.25) is 0 Å². The molecule has 1 heterocycles. The molecule has 0 spiro atoms. The predicted molar refractivity (Wildman–Crippen MR) is 48.3 cm³/mol. The zero-order valence-corrected chi connectivity index (χ0v) is 7.51. The fraction of sp³-hybridized carbons (Fsp3) is 0.400. The summed E-state index contributed by atoms with van der Waals surface area (Å²) in [5, 5.41) is 3.16. The van der Waals surface area contributed by atoms with Crippen molar-refractivity contribution in [1.82, 2.24) is 5.32 Å². The second-order valence-electron chi connectivity index (χ2n) is 3.18. The largest absolute Gasteiger partial charge is 0.497 e. The minimum Gasteiger partial charge on any atom is -0.497 e. The van der Waals surface area contributed by atoms with Crippen LogP contribution in [-0.4, -0.2) is 13.7 Å². The maximum atomic E-state index is 13.4. The van der Waals surface area contributed by atoms with E-state index in [2.05, 4.69) is 5.32 Å². The van der Waals surface area contributed by atoms with Crippen LogP contribution in [0.2, 0.25) is 0 Å². The molecular weight excluding hydrogens is 169 g/mol. The minimum atomic E-state index is -0.184. The number of hydrogen-bond acceptors (Lipinski definition) is 2. The highest BCUT2D eigenvalue weighted by molar-refractivity contribution is 5.31. The zero-order chi connectivity index (χ0) is 9.26. The van der Waals surface area contributed by atoms with Crippen molar-refractivity contribution in [2.75, 3.05) is 13.7 Å². The van der Waals surface area contributed by atoms with Gasteiger partial charge in [0, 0.05) is 17.7 Å². The highest BCUT2D eigenvalue weighted by Gasteiger charge is 2.21. The van der Waals surface area contributed by atoms with Crippen LogP contribution in [0.1, 0.15) is 18.0 Å². The van der Waals surface area contributed by atoms with Crippen LogP contribution < -0.4 is 10.1 Å². The van der Waals surface area contributed by atoms with Crippen molar-refractivity contribution >= 4 is 0 Å². The summed E-state index contributed by atoms with van der Waals surface area (Å²) in [6, 6.07) is 5.20. The maximum absolute atomic E-state index is 13.4. The summed E-state index contributed by atoms with van der Waals surface area (Å²) in [5.41, 5.74) is 0.743. The molecule has 1 aliphatic heterocycles. The molecule has 13 heavy (non-hydrogen) atoms. The van der Waals surface area contributed by atoms with Crippen LogP contribution >= 0.6 is 0 Å². The van der Waals surface area contributed by atoms with E-state index >= 15 is 0 Å². The second-order valence-corrected chi connectivity index (χ2v) is 3.18. The third-order valence-electron chi connectivity index (χ3n) is 2.41. The molecule has 1 fully saturated rings. The van der Waals surface area contributed by atoms with Crippen LogP contribution in [0, 0.1) is 5.82 Å². The van der Waals surface area contributed by atoms with E-state index in [4.69, 9.17) is 4.74 Å². The summed E-state index contributed by atoms with van der Waals surface area (Å²) in [6.07, 6.45) is 1.02. The van der Waals surface area contributed by atoms with E-state index in [0.29, 0.717) is 5.75 Å². The second kappa shape index (κ2) is 3.34. The summed E-state index contributed by atoms with van der Waals surface area (Å²) < 4.78 is 18.3.